The molecule has 4 nitrogen and oxygen atoms in total. The molecule has 3 saturated carbocycles. The SMILES string of the molecule is CC(C)(O)C1CCC(N2c3ncccc3SC2N(C2CC2)C2CC2)CC1. The summed E-state index contributed by atoms with van der Waals surface area (Å²) in [4.78, 5) is 11.7. The van der Waals surface area contributed by atoms with Gasteiger partial charge in [-0.1, -0.05) is 11.8 Å². The highest BCUT2D eigenvalue weighted by molar-refractivity contribution is 8.00. The molecular weight excluding hydrogens is 342 g/mol. The van der Waals surface area contributed by atoms with Crippen LogP contribution in [-0.4, -0.2) is 44.2 Å². The highest BCUT2D eigenvalue weighted by atomic mass is 32.2. The van der Waals surface area contributed by atoms with Crippen LogP contribution in [-0.2, 0) is 0 Å². The van der Waals surface area contributed by atoms with Crippen LogP contribution in [0.1, 0.15) is 65.2 Å². The monoisotopic (exact) mass is 373 g/mol. The average Bonchev–Trinajstić information content (AvgIpc) is 3.53. The van der Waals surface area contributed by atoms with Crippen LogP contribution in [0.15, 0.2) is 23.2 Å². The van der Waals surface area contributed by atoms with Gasteiger partial charge in [-0.05, 0) is 83.3 Å². The molecule has 5 heteroatoms. The molecular formula is C21H31N3OS. The van der Waals surface area contributed by atoms with E-state index >= 15 is 0 Å². The Kier molecular flexibility index (Phi) is 4.26. The summed E-state index contributed by atoms with van der Waals surface area (Å²) in [6, 6.07) is 6.48. The Hall–Kier alpha value is -0.780. The minimum Gasteiger partial charge on any atom is -0.390 e. The fraction of sp³-hybridized carbons (Fsp3) is 0.762. The van der Waals surface area contributed by atoms with Gasteiger partial charge in [-0.15, -0.1) is 0 Å². The van der Waals surface area contributed by atoms with E-state index in [2.05, 4.69) is 21.9 Å². The number of aliphatic hydroxyl groups is 1. The molecule has 1 atom stereocenters. The van der Waals surface area contributed by atoms with Crippen LogP contribution in [0.3, 0.4) is 0 Å². The highest BCUT2D eigenvalue weighted by Gasteiger charge is 2.50. The van der Waals surface area contributed by atoms with E-state index in [1.807, 2.05) is 31.8 Å². The number of hydrogen-bond acceptors (Lipinski definition) is 5. The molecule has 26 heavy (non-hydrogen) atoms. The molecule has 0 saturated heterocycles. The third-order valence-corrected chi connectivity index (χ3v) is 8.00. The predicted molar refractivity (Wildman–Crippen MR) is 106 cm³/mol. The fourth-order valence-electron chi connectivity index (χ4n) is 4.97. The first-order valence-corrected chi connectivity index (χ1v) is 11.3. The fourth-order valence-corrected chi connectivity index (χ4v) is 6.46. The number of pyridine rings is 1. The van der Waals surface area contributed by atoms with Gasteiger partial charge in [0.1, 0.15) is 11.3 Å². The molecule has 1 aromatic heterocycles. The maximum Gasteiger partial charge on any atom is 0.144 e. The third-order valence-electron chi connectivity index (χ3n) is 6.75. The molecule has 4 aliphatic rings. The zero-order valence-corrected chi connectivity index (χ0v) is 16.8. The third kappa shape index (κ3) is 3.16. The van der Waals surface area contributed by atoms with E-state index in [1.165, 1.54) is 49.2 Å². The van der Waals surface area contributed by atoms with E-state index < -0.39 is 5.60 Å². The Morgan fingerprint density at radius 3 is 2.31 bits per heavy atom. The van der Waals surface area contributed by atoms with Crippen LogP contribution in [0.5, 0.6) is 0 Å². The largest absolute Gasteiger partial charge is 0.390 e. The van der Waals surface area contributed by atoms with Crippen LogP contribution in [0.2, 0.25) is 0 Å². The van der Waals surface area contributed by atoms with Crippen molar-refractivity contribution >= 4 is 17.6 Å². The first-order chi connectivity index (χ1) is 12.5. The first-order valence-electron chi connectivity index (χ1n) is 10.4. The lowest BCUT2D eigenvalue weighted by Crippen LogP contribution is -2.52. The summed E-state index contributed by atoms with van der Waals surface area (Å²) in [5.74, 6) is 1.64. The Labute approximate surface area is 161 Å². The van der Waals surface area contributed by atoms with Gasteiger partial charge in [0.15, 0.2) is 0 Å². The molecule has 2 heterocycles. The second kappa shape index (κ2) is 6.39. The summed E-state index contributed by atoms with van der Waals surface area (Å²) in [6.07, 6.45) is 12.0. The van der Waals surface area contributed by atoms with Crippen molar-refractivity contribution < 1.29 is 5.11 Å². The van der Waals surface area contributed by atoms with Crippen molar-refractivity contribution in [1.82, 2.24) is 9.88 Å². The average molecular weight is 374 g/mol. The summed E-state index contributed by atoms with van der Waals surface area (Å²) < 4.78 is 0. The maximum absolute atomic E-state index is 10.4. The van der Waals surface area contributed by atoms with E-state index in [9.17, 15) is 5.11 Å². The van der Waals surface area contributed by atoms with Gasteiger partial charge in [-0.25, -0.2) is 4.98 Å². The van der Waals surface area contributed by atoms with Crippen molar-refractivity contribution in [1.29, 1.82) is 0 Å². The molecule has 0 spiro atoms. The van der Waals surface area contributed by atoms with Gasteiger partial charge in [-0.2, -0.15) is 0 Å². The van der Waals surface area contributed by atoms with Gasteiger partial charge in [0.25, 0.3) is 0 Å². The number of anilines is 1. The van der Waals surface area contributed by atoms with Gasteiger partial charge in [0, 0.05) is 24.3 Å². The van der Waals surface area contributed by atoms with Crippen LogP contribution in [0, 0.1) is 5.92 Å². The van der Waals surface area contributed by atoms with Gasteiger partial charge in [-0.3, -0.25) is 4.90 Å². The van der Waals surface area contributed by atoms with Crippen LogP contribution in [0.25, 0.3) is 0 Å². The van der Waals surface area contributed by atoms with Gasteiger partial charge in [0.05, 0.1) is 10.5 Å². The van der Waals surface area contributed by atoms with Crippen molar-refractivity contribution in [2.24, 2.45) is 5.92 Å². The standard InChI is InChI=1S/C21H31N3OS/c1-21(2,25)14-5-7-17(8-6-14)24-19-18(4-3-13-22-19)26-20(24)23(15-9-10-15)16-11-12-16/h3-4,13-17,20,25H,5-12H2,1-2H3. The Morgan fingerprint density at radius 1 is 1.08 bits per heavy atom. The van der Waals surface area contributed by atoms with Crippen LogP contribution in [0.4, 0.5) is 5.82 Å². The van der Waals surface area contributed by atoms with E-state index in [1.54, 1.807) is 0 Å². The molecule has 1 aromatic rings. The number of fused-ring (bicyclic) bond motifs is 1. The van der Waals surface area contributed by atoms with Crippen molar-refractivity contribution in [3.05, 3.63) is 18.3 Å². The zero-order valence-electron chi connectivity index (χ0n) is 16.0. The topological polar surface area (TPSA) is 39.6 Å². The molecule has 5 rings (SSSR count). The van der Waals surface area contributed by atoms with Crippen LogP contribution < -0.4 is 4.90 Å². The molecule has 142 valence electrons. The lowest BCUT2D eigenvalue weighted by Gasteiger charge is -2.44. The second-order valence-corrected chi connectivity index (χ2v) is 10.3. The molecule has 1 unspecified atom stereocenters. The lowest BCUT2D eigenvalue weighted by atomic mass is 9.77. The van der Waals surface area contributed by atoms with Crippen molar-refractivity contribution in [3.8, 4) is 0 Å². The molecule has 3 fully saturated rings. The normalized spacial score (nSPS) is 32.2. The molecule has 0 aromatic carbocycles. The molecule has 0 bridgehead atoms. The van der Waals surface area contributed by atoms with Crippen molar-refractivity contribution in [3.63, 3.8) is 0 Å². The minimum absolute atomic E-state index is 0.429. The minimum atomic E-state index is -0.547. The number of nitrogens with zero attached hydrogens (tertiary/aromatic N) is 3. The second-order valence-electron chi connectivity index (χ2n) is 9.25. The zero-order chi connectivity index (χ0) is 17.9. The molecule has 1 aliphatic heterocycles. The summed E-state index contributed by atoms with van der Waals surface area (Å²) in [5, 5.41) is 10.4. The summed E-state index contributed by atoms with van der Waals surface area (Å²) in [5.41, 5.74) is -0.113. The lowest BCUT2D eigenvalue weighted by molar-refractivity contribution is -0.00222. The molecule has 0 amide bonds. The first kappa shape index (κ1) is 17.3. The molecule has 1 N–H and O–H groups in total. The molecule has 0 radical (unpaired) electrons. The van der Waals surface area contributed by atoms with E-state index in [4.69, 9.17) is 4.98 Å². The smallest absolute Gasteiger partial charge is 0.144 e. The summed E-state index contributed by atoms with van der Waals surface area (Å²) in [7, 11) is 0. The predicted octanol–water partition coefficient (Wildman–Crippen LogP) is 4.23. The maximum atomic E-state index is 10.4. The van der Waals surface area contributed by atoms with Gasteiger partial charge < -0.3 is 10.0 Å². The Morgan fingerprint density at radius 2 is 1.73 bits per heavy atom. The molecule has 3 aliphatic carbocycles. The summed E-state index contributed by atoms with van der Waals surface area (Å²) >= 11 is 2.03. The highest BCUT2D eigenvalue weighted by Crippen LogP contribution is 2.52. The van der Waals surface area contributed by atoms with Crippen molar-refractivity contribution in [2.45, 2.75) is 99.3 Å². The number of aromatic nitrogens is 1. The van der Waals surface area contributed by atoms with E-state index in [-0.39, 0.29) is 0 Å². The van der Waals surface area contributed by atoms with Gasteiger partial charge >= 0.3 is 0 Å². The summed E-state index contributed by atoms with van der Waals surface area (Å²) in [6.45, 7) is 3.95. The van der Waals surface area contributed by atoms with Gasteiger partial charge in [0.2, 0.25) is 0 Å². The number of hydrogen-bond donors (Lipinski definition) is 1. The van der Waals surface area contributed by atoms with E-state index in [0.717, 1.165) is 24.9 Å². The number of rotatable bonds is 5. The van der Waals surface area contributed by atoms with Crippen molar-refractivity contribution in [2.75, 3.05) is 4.90 Å². The quantitative estimate of drug-likeness (QED) is 0.836. The van der Waals surface area contributed by atoms with E-state index in [0.29, 0.717) is 17.5 Å². The van der Waals surface area contributed by atoms with Crippen LogP contribution >= 0.6 is 11.8 Å². The number of thioether (sulfide) groups is 1. The Bertz CT molecular complexity index is 647. The Balaban J connectivity index is 1.40.